The number of morpholine rings is 1. The first-order valence-electron chi connectivity index (χ1n) is 10.4. The lowest BCUT2D eigenvalue weighted by Gasteiger charge is -2.28. The number of ether oxygens (including phenoxy) is 1. The molecule has 10 heteroatoms. The number of anilines is 2. The second-order valence-corrected chi connectivity index (χ2v) is 9.35. The SMILES string of the molecule is OC[C@@H]1C[C@@H](O)[C@H](Nc2nc(N3CCOCC3)nc(Cl)c2-c2nc3ccccc3s2)C1. The molecule has 0 bridgehead atoms. The van der Waals surface area contributed by atoms with Crippen LogP contribution in [0, 0.1) is 5.92 Å². The van der Waals surface area contributed by atoms with Crippen molar-refractivity contribution < 1.29 is 14.9 Å². The summed E-state index contributed by atoms with van der Waals surface area (Å²) in [7, 11) is 0. The highest BCUT2D eigenvalue weighted by Crippen LogP contribution is 2.40. The topological polar surface area (TPSA) is 104 Å². The lowest BCUT2D eigenvalue weighted by atomic mass is 10.1. The molecule has 5 rings (SSSR count). The fourth-order valence-electron chi connectivity index (χ4n) is 4.20. The van der Waals surface area contributed by atoms with Gasteiger partial charge >= 0.3 is 0 Å². The Balaban J connectivity index is 1.56. The number of para-hydroxylation sites is 1. The van der Waals surface area contributed by atoms with E-state index in [0.717, 1.165) is 15.2 Å². The van der Waals surface area contributed by atoms with Gasteiger partial charge in [-0.2, -0.15) is 4.98 Å². The predicted octanol–water partition coefficient (Wildman–Crippen LogP) is 2.79. The van der Waals surface area contributed by atoms with Gasteiger partial charge in [0.2, 0.25) is 5.95 Å². The molecule has 3 aromatic rings. The molecule has 1 saturated carbocycles. The maximum Gasteiger partial charge on any atom is 0.228 e. The number of nitrogens with one attached hydrogen (secondary N) is 1. The molecule has 31 heavy (non-hydrogen) atoms. The van der Waals surface area contributed by atoms with Crippen molar-refractivity contribution in [3.63, 3.8) is 0 Å². The van der Waals surface area contributed by atoms with Gasteiger partial charge in [-0.1, -0.05) is 23.7 Å². The molecule has 164 valence electrons. The highest BCUT2D eigenvalue weighted by atomic mass is 35.5. The van der Waals surface area contributed by atoms with Gasteiger partial charge in [0.15, 0.2) is 0 Å². The highest BCUT2D eigenvalue weighted by Gasteiger charge is 2.34. The van der Waals surface area contributed by atoms with Gasteiger partial charge in [0.05, 0.1) is 41.1 Å². The van der Waals surface area contributed by atoms with Crippen LogP contribution >= 0.6 is 22.9 Å². The summed E-state index contributed by atoms with van der Waals surface area (Å²) in [5.41, 5.74) is 1.53. The van der Waals surface area contributed by atoms with E-state index in [2.05, 4.69) is 10.3 Å². The van der Waals surface area contributed by atoms with Crippen LogP contribution in [0.15, 0.2) is 24.3 Å². The van der Waals surface area contributed by atoms with Gasteiger partial charge in [0.25, 0.3) is 0 Å². The molecule has 1 aliphatic carbocycles. The summed E-state index contributed by atoms with van der Waals surface area (Å²) in [6, 6.07) is 7.69. The maximum atomic E-state index is 10.5. The van der Waals surface area contributed by atoms with Crippen molar-refractivity contribution in [3.05, 3.63) is 29.4 Å². The minimum absolute atomic E-state index is 0.0591. The molecule has 3 atom stereocenters. The number of thiazole rings is 1. The largest absolute Gasteiger partial charge is 0.396 e. The second-order valence-electron chi connectivity index (χ2n) is 7.96. The van der Waals surface area contributed by atoms with E-state index in [1.165, 1.54) is 11.3 Å². The van der Waals surface area contributed by atoms with Gasteiger partial charge in [-0.05, 0) is 30.9 Å². The summed E-state index contributed by atoms with van der Waals surface area (Å²) in [5, 5.41) is 24.5. The monoisotopic (exact) mass is 461 g/mol. The van der Waals surface area contributed by atoms with E-state index in [0.29, 0.717) is 61.6 Å². The first kappa shape index (κ1) is 20.8. The fourth-order valence-corrected chi connectivity index (χ4v) is 5.52. The number of benzene rings is 1. The van der Waals surface area contributed by atoms with Crippen molar-refractivity contribution >= 4 is 44.9 Å². The zero-order valence-corrected chi connectivity index (χ0v) is 18.4. The van der Waals surface area contributed by atoms with E-state index in [4.69, 9.17) is 26.3 Å². The zero-order chi connectivity index (χ0) is 21.4. The third kappa shape index (κ3) is 4.20. The van der Waals surface area contributed by atoms with Crippen LogP contribution in [0.5, 0.6) is 0 Å². The van der Waals surface area contributed by atoms with Crippen molar-refractivity contribution in [2.75, 3.05) is 43.1 Å². The Morgan fingerprint density at radius 1 is 1.16 bits per heavy atom. The third-order valence-corrected chi connectivity index (χ3v) is 7.19. The van der Waals surface area contributed by atoms with E-state index in [-0.39, 0.29) is 18.6 Å². The van der Waals surface area contributed by atoms with Gasteiger partial charge in [-0.3, -0.25) is 0 Å². The molecule has 1 saturated heterocycles. The molecule has 3 heterocycles. The van der Waals surface area contributed by atoms with Crippen molar-refractivity contribution in [3.8, 4) is 10.6 Å². The normalized spacial score (nSPS) is 24.1. The Labute approximate surface area is 188 Å². The molecule has 1 aromatic carbocycles. The average Bonchev–Trinajstić information content (AvgIpc) is 3.37. The molecule has 2 fully saturated rings. The Kier molecular flexibility index (Phi) is 5.94. The van der Waals surface area contributed by atoms with Gasteiger partial charge in [0.1, 0.15) is 16.0 Å². The quantitative estimate of drug-likeness (QED) is 0.498. The summed E-state index contributed by atoms with van der Waals surface area (Å²) in [6.07, 6.45) is 0.645. The minimum atomic E-state index is -0.569. The molecular formula is C21H24ClN5O3S. The van der Waals surface area contributed by atoms with E-state index in [1.54, 1.807) is 0 Å². The molecular weight excluding hydrogens is 438 g/mol. The van der Waals surface area contributed by atoms with Crippen LogP contribution in [0.4, 0.5) is 11.8 Å². The molecule has 3 N–H and O–H groups in total. The van der Waals surface area contributed by atoms with Crippen molar-refractivity contribution in [2.24, 2.45) is 5.92 Å². The molecule has 1 aliphatic heterocycles. The number of hydrogen-bond acceptors (Lipinski definition) is 9. The number of aliphatic hydroxyl groups is 2. The third-order valence-electron chi connectivity index (χ3n) is 5.86. The highest BCUT2D eigenvalue weighted by molar-refractivity contribution is 7.21. The van der Waals surface area contributed by atoms with Crippen molar-refractivity contribution in [1.82, 2.24) is 15.0 Å². The predicted molar refractivity (Wildman–Crippen MR) is 122 cm³/mol. The first-order chi connectivity index (χ1) is 15.1. The Hall–Kier alpha value is -2.04. The van der Waals surface area contributed by atoms with Gasteiger partial charge < -0.3 is 25.2 Å². The summed E-state index contributed by atoms with van der Waals surface area (Å²) in [5.74, 6) is 1.16. The van der Waals surface area contributed by atoms with Crippen molar-refractivity contribution in [2.45, 2.75) is 25.0 Å². The van der Waals surface area contributed by atoms with Gasteiger partial charge in [0, 0.05) is 19.7 Å². The van der Waals surface area contributed by atoms with E-state index >= 15 is 0 Å². The maximum absolute atomic E-state index is 10.5. The Morgan fingerprint density at radius 3 is 2.71 bits per heavy atom. The summed E-state index contributed by atoms with van der Waals surface area (Å²) in [4.78, 5) is 16.2. The number of hydrogen-bond donors (Lipinski definition) is 3. The fraction of sp³-hybridized carbons (Fsp3) is 0.476. The number of rotatable bonds is 5. The molecule has 0 unspecified atom stereocenters. The van der Waals surface area contributed by atoms with E-state index in [9.17, 15) is 10.2 Å². The number of aliphatic hydroxyl groups excluding tert-OH is 2. The second kappa shape index (κ2) is 8.84. The molecule has 0 amide bonds. The van der Waals surface area contributed by atoms with Crippen LogP contribution in [0.2, 0.25) is 5.15 Å². The average molecular weight is 462 g/mol. The number of fused-ring (bicyclic) bond motifs is 1. The summed E-state index contributed by atoms with van der Waals surface area (Å²) < 4.78 is 6.50. The summed E-state index contributed by atoms with van der Waals surface area (Å²) in [6.45, 7) is 2.67. The van der Waals surface area contributed by atoms with Crippen LogP contribution in [-0.4, -0.2) is 70.2 Å². The molecule has 2 aromatic heterocycles. The Morgan fingerprint density at radius 2 is 1.97 bits per heavy atom. The lowest BCUT2D eigenvalue weighted by molar-refractivity contribution is 0.122. The van der Waals surface area contributed by atoms with Crippen LogP contribution in [0.25, 0.3) is 20.8 Å². The molecule has 2 aliphatic rings. The number of nitrogens with zero attached hydrogens (tertiary/aromatic N) is 4. The van der Waals surface area contributed by atoms with E-state index in [1.807, 2.05) is 29.2 Å². The van der Waals surface area contributed by atoms with Crippen molar-refractivity contribution in [1.29, 1.82) is 0 Å². The van der Waals surface area contributed by atoms with Gasteiger partial charge in [-0.25, -0.2) is 9.97 Å². The molecule has 0 spiro atoms. The standard InChI is InChI=1S/C21H24ClN5O3S/c22-18-17(20-24-13-3-1-2-4-16(13)31-20)19(23-14-9-12(11-28)10-15(14)29)26-21(25-18)27-5-7-30-8-6-27/h1-4,12,14-15,28-29H,5-11H2,(H,23,25,26)/t12-,14+,15+/m0/s1. The Bertz CT molecular complexity index is 1040. The minimum Gasteiger partial charge on any atom is -0.396 e. The van der Waals surface area contributed by atoms with Crippen LogP contribution < -0.4 is 10.2 Å². The van der Waals surface area contributed by atoms with Crippen LogP contribution in [-0.2, 0) is 4.74 Å². The number of aromatic nitrogens is 3. The first-order valence-corrected chi connectivity index (χ1v) is 11.6. The lowest BCUT2D eigenvalue weighted by Crippen LogP contribution is -2.37. The smallest absolute Gasteiger partial charge is 0.228 e. The zero-order valence-electron chi connectivity index (χ0n) is 16.9. The molecule has 0 radical (unpaired) electrons. The van der Waals surface area contributed by atoms with E-state index < -0.39 is 6.10 Å². The van der Waals surface area contributed by atoms with Crippen LogP contribution in [0.3, 0.4) is 0 Å². The van der Waals surface area contributed by atoms with Crippen LogP contribution in [0.1, 0.15) is 12.8 Å². The van der Waals surface area contributed by atoms with Gasteiger partial charge in [-0.15, -0.1) is 11.3 Å². The number of halogens is 1. The molecule has 8 nitrogen and oxygen atoms in total. The summed E-state index contributed by atoms with van der Waals surface area (Å²) >= 11 is 8.24.